The lowest BCUT2D eigenvalue weighted by Crippen LogP contribution is -2.26. The summed E-state index contributed by atoms with van der Waals surface area (Å²) < 4.78 is 6.86. The Kier molecular flexibility index (Phi) is 3.66. The molecule has 1 unspecified atom stereocenters. The number of hydrogen-bond acceptors (Lipinski definition) is 3. The molecule has 3 rings (SSSR count). The molecule has 0 saturated heterocycles. The van der Waals surface area contributed by atoms with E-state index in [4.69, 9.17) is 4.42 Å². The highest BCUT2D eigenvalue weighted by Gasteiger charge is 2.26. The summed E-state index contributed by atoms with van der Waals surface area (Å²) in [6.45, 7) is 3.10. The molecule has 1 aliphatic carbocycles. The molecule has 1 fully saturated rings. The van der Waals surface area contributed by atoms with Crippen molar-refractivity contribution in [1.82, 2.24) is 9.88 Å². The first-order valence-corrected chi connectivity index (χ1v) is 7.53. The van der Waals surface area contributed by atoms with Gasteiger partial charge in [-0.1, -0.05) is 25.8 Å². The molecule has 1 heterocycles. The van der Waals surface area contributed by atoms with Crippen molar-refractivity contribution in [2.24, 2.45) is 13.0 Å². The second kappa shape index (κ2) is 5.44. The molecule has 20 heavy (non-hydrogen) atoms. The van der Waals surface area contributed by atoms with Gasteiger partial charge in [0, 0.05) is 13.1 Å². The van der Waals surface area contributed by atoms with E-state index in [9.17, 15) is 4.79 Å². The van der Waals surface area contributed by atoms with Crippen LogP contribution in [0.15, 0.2) is 27.4 Å². The van der Waals surface area contributed by atoms with E-state index >= 15 is 0 Å². The highest BCUT2D eigenvalue weighted by molar-refractivity contribution is 5.73. The summed E-state index contributed by atoms with van der Waals surface area (Å²) in [6, 6.07) is 6.53. The van der Waals surface area contributed by atoms with Gasteiger partial charge in [0.2, 0.25) is 0 Å². The zero-order chi connectivity index (χ0) is 14.1. The summed E-state index contributed by atoms with van der Waals surface area (Å²) in [5, 5.41) is 3.60. The summed E-state index contributed by atoms with van der Waals surface area (Å²) in [5.41, 5.74) is 2.79. The summed E-state index contributed by atoms with van der Waals surface area (Å²) in [4.78, 5) is 11.6. The third-order valence-corrected chi connectivity index (χ3v) is 4.47. The molecule has 4 heteroatoms. The molecule has 2 aromatic rings. The first-order chi connectivity index (χ1) is 9.70. The van der Waals surface area contributed by atoms with Crippen molar-refractivity contribution in [3.05, 3.63) is 34.3 Å². The molecule has 1 aromatic heterocycles. The van der Waals surface area contributed by atoms with Crippen LogP contribution < -0.4 is 11.1 Å². The van der Waals surface area contributed by atoms with Crippen molar-refractivity contribution >= 4 is 11.1 Å². The van der Waals surface area contributed by atoms with Crippen molar-refractivity contribution in [3.63, 3.8) is 0 Å². The predicted octanol–water partition coefficient (Wildman–Crippen LogP) is 2.97. The smallest absolute Gasteiger partial charge is 0.408 e. The van der Waals surface area contributed by atoms with Gasteiger partial charge in [0.05, 0.1) is 5.52 Å². The lowest BCUT2D eigenvalue weighted by Gasteiger charge is -2.24. The number of hydrogen-bond donors (Lipinski definition) is 1. The van der Waals surface area contributed by atoms with E-state index in [1.54, 1.807) is 11.6 Å². The zero-order valence-electron chi connectivity index (χ0n) is 12.2. The maximum Gasteiger partial charge on any atom is 0.419 e. The zero-order valence-corrected chi connectivity index (χ0v) is 12.2. The maximum atomic E-state index is 11.6. The Balaban J connectivity index is 1.99. The Morgan fingerprint density at radius 3 is 2.85 bits per heavy atom. The number of nitrogens with zero attached hydrogens (tertiary/aromatic N) is 1. The Bertz CT molecular complexity index is 650. The lowest BCUT2D eigenvalue weighted by atomic mass is 9.91. The first-order valence-electron chi connectivity index (χ1n) is 7.53. The van der Waals surface area contributed by atoms with Crippen LogP contribution in [0.1, 0.15) is 44.2 Å². The van der Waals surface area contributed by atoms with Gasteiger partial charge >= 0.3 is 5.76 Å². The number of aryl methyl sites for hydroxylation is 1. The van der Waals surface area contributed by atoms with Crippen molar-refractivity contribution < 1.29 is 4.42 Å². The predicted molar refractivity (Wildman–Crippen MR) is 79.8 cm³/mol. The minimum absolute atomic E-state index is 0.294. The molecule has 0 spiro atoms. The van der Waals surface area contributed by atoms with Crippen LogP contribution in [0.3, 0.4) is 0 Å². The van der Waals surface area contributed by atoms with Gasteiger partial charge in [0.25, 0.3) is 0 Å². The molecule has 0 amide bonds. The van der Waals surface area contributed by atoms with Crippen LogP contribution in [0.4, 0.5) is 0 Å². The summed E-state index contributed by atoms with van der Waals surface area (Å²) in [7, 11) is 1.74. The van der Waals surface area contributed by atoms with Crippen LogP contribution in [0.2, 0.25) is 0 Å². The van der Waals surface area contributed by atoms with Gasteiger partial charge < -0.3 is 9.73 Å². The van der Waals surface area contributed by atoms with Crippen LogP contribution >= 0.6 is 0 Å². The van der Waals surface area contributed by atoms with Gasteiger partial charge in [-0.2, -0.15) is 0 Å². The average Bonchev–Trinajstić information content (AvgIpc) is 3.06. The van der Waals surface area contributed by atoms with Crippen LogP contribution in [-0.4, -0.2) is 11.1 Å². The monoisotopic (exact) mass is 274 g/mol. The second-order valence-corrected chi connectivity index (χ2v) is 5.73. The fourth-order valence-corrected chi connectivity index (χ4v) is 3.41. The Morgan fingerprint density at radius 2 is 2.15 bits per heavy atom. The molecular weight excluding hydrogens is 252 g/mol. The van der Waals surface area contributed by atoms with Gasteiger partial charge in [-0.15, -0.1) is 0 Å². The highest BCUT2D eigenvalue weighted by atomic mass is 16.4. The molecule has 1 saturated carbocycles. The van der Waals surface area contributed by atoms with E-state index in [-0.39, 0.29) is 5.76 Å². The van der Waals surface area contributed by atoms with Crippen LogP contribution in [0.25, 0.3) is 11.1 Å². The maximum absolute atomic E-state index is 11.6. The molecular formula is C16H22N2O2. The van der Waals surface area contributed by atoms with E-state index in [1.165, 1.54) is 31.2 Å². The van der Waals surface area contributed by atoms with E-state index < -0.39 is 0 Å². The molecule has 0 radical (unpaired) electrons. The number of fused-ring (bicyclic) bond motifs is 1. The van der Waals surface area contributed by atoms with Gasteiger partial charge in [0.1, 0.15) is 0 Å². The Morgan fingerprint density at radius 1 is 1.40 bits per heavy atom. The highest BCUT2D eigenvalue weighted by Crippen LogP contribution is 2.36. The molecule has 4 nitrogen and oxygen atoms in total. The van der Waals surface area contributed by atoms with Crippen molar-refractivity contribution in [1.29, 1.82) is 0 Å². The Labute approximate surface area is 118 Å². The second-order valence-electron chi connectivity index (χ2n) is 5.73. The minimum atomic E-state index is -0.294. The molecule has 1 aliphatic rings. The van der Waals surface area contributed by atoms with E-state index in [0.717, 1.165) is 12.1 Å². The molecule has 108 valence electrons. The van der Waals surface area contributed by atoms with Gasteiger partial charge in [-0.25, -0.2) is 4.79 Å². The SMILES string of the molecule is CCNC(c1ccc2c(c1)oc(=O)n2C)C1CCCC1. The largest absolute Gasteiger partial charge is 0.419 e. The standard InChI is InChI=1S/C16H22N2O2/c1-3-17-15(11-6-4-5-7-11)12-8-9-13-14(10-12)20-16(19)18(13)2/h8-11,15,17H,3-7H2,1-2H3. The molecule has 0 bridgehead atoms. The summed E-state index contributed by atoms with van der Waals surface area (Å²) >= 11 is 0. The van der Waals surface area contributed by atoms with Crippen molar-refractivity contribution in [2.45, 2.75) is 38.6 Å². The summed E-state index contributed by atoms with van der Waals surface area (Å²) in [5.74, 6) is 0.404. The normalized spacial score (nSPS) is 17.9. The van der Waals surface area contributed by atoms with Gasteiger partial charge in [-0.3, -0.25) is 4.57 Å². The lowest BCUT2D eigenvalue weighted by molar-refractivity contribution is 0.374. The molecule has 1 aromatic carbocycles. The number of rotatable bonds is 4. The quantitative estimate of drug-likeness (QED) is 0.932. The van der Waals surface area contributed by atoms with E-state index in [2.05, 4.69) is 18.3 Å². The fraction of sp³-hybridized carbons (Fsp3) is 0.562. The number of benzene rings is 1. The topological polar surface area (TPSA) is 47.2 Å². The number of nitrogens with one attached hydrogen (secondary N) is 1. The van der Waals surface area contributed by atoms with Gasteiger partial charge in [0.15, 0.2) is 5.58 Å². The molecule has 1 N–H and O–H groups in total. The van der Waals surface area contributed by atoms with Crippen molar-refractivity contribution in [2.75, 3.05) is 6.54 Å². The van der Waals surface area contributed by atoms with E-state index in [1.807, 2.05) is 12.1 Å². The van der Waals surface area contributed by atoms with Crippen molar-refractivity contribution in [3.8, 4) is 0 Å². The molecule has 0 aliphatic heterocycles. The van der Waals surface area contributed by atoms with Crippen LogP contribution in [-0.2, 0) is 7.05 Å². The van der Waals surface area contributed by atoms with Crippen LogP contribution in [0, 0.1) is 5.92 Å². The fourth-order valence-electron chi connectivity index (χ4n) is 3.41. The number of aromatic nitrogens is 1. The third kappa shape index (κ3) is 2.29. The average molecular weight is 274 g/mol. The molecule has 1 atom stereocenters. The van der Waals surface area contributed by atoms with Crippen LogP contribution in [0.5, 0.6) is 0 Å². The Hall–Kier alpha value is -1.55. The minimum Gasteiger partial charge on any atom is -0.408 e. The van der Waals surface area contributed by atoms with Gasteiger partial charge in [-0.05, 0) is 43.0 Å². The summed E-state index contributed by atoms with van der Waals surface area (Å²) in [6.07, 6.45) is 5.23. The third-order valence-electron chi connectivity index (χ3n) is 4.47. The number of oxazole rings is 1. The van der Waals surface area contributed by atoms with E-state index in [0.29, 0.717) is 17.5 Å². The first kappa shape index (κ1) is 13.4.